The van der Waals surface area contributed by atoms with Crippen molar-refractivity contribution in [3.63, 3.8) is 0 Å². The number of hydrogen-bond acceptors (Lipinski definition) is 5. The summed E-state index contributed by atoms with van der Waals surface area (Å²) >= 11 is 1.72. The van der Waals surface area contributed by atoms with Crippen molar-refractivity contribution in [1.29, 1.82) is 0 Å². The molecule has 4 rings (SSSR count). The fourth-order valence-corrected chi connectivity index (χ4v) is 5.39. The molecule has 6 nitrogen and oxygen atoms in total. The van der Waals surface area contributed by atoms with Crippen LogP contribution in [0.15, 0.2) is 24.3 Å². The average Bonchev–Trinajstić information content (AvgIpc) is 3.31. The van der Waals surface area contributed by atoms with Crippen molar-refractivity contribution in [3.8, 4) is 16.3 Å². The van der Waals surface area contributed by atoms with E-state index >= 15 is 0 Å². The van der Waals surface area contributed by atoms with Gasteiger partial charge in [-0.2, -0.15) is 0 Å². The van der Waals surface area contributed by atoms with Gasteiger partial charge < -0.3 is 20.1 Å². The van der Waals surface area contributed by atoms with Crippen LogP contribution in [0.5, 0.6) is 5.75 Å². The van der Waals surface area contributed by atoms with E-state index < -0.39 is 6.09 Å². The summed E-state index contributed by atoms with van der Waals surface area (Å²) in [6, 6.07) is 8.85. The lowest BCUT2D eigenvalue weighted by molar-refractivity contribution is 0.188. The molecule has 0 radical (unpaired) electrons. The second kappa shape index (κ2) is 9.13. The Balaban J connectivity index is 1.29. The molecule has 1 fully saturated rings. The molecular weight excluding hydrogens is 386 g/mol. The van der Waals surface area contributed by atoms with Crippen LogP contribution in [0.25, 0.3) is 10.6 Å². The maximum atomic E-state index is 10.9. The maximum Gasteiger partial charge on any atom is 0.404 e. The van der Waals surface area contributed by atoms with E-state index in [1.54, 1.807) is 11.3 Å². The zero-order valence-electron chi connectivity index (χ0n) is 16.9. The first kappa shape index (κ1) is 20.2. The number of benzene rings is 1. The molecule has 2 aliphatic rings. The molecule has 1 amide bonds. The van der Waals surface area contributed by atoms with Crippen molar-refractivity contribution >= 4 is 17.4 Å². The predicted octanol–water partition coefficient (Wildman–Crippen LogP) is 4.19. The number of aromatic nitrogens is 1. The summed E-state index contributed by atoms with van der Waals surface area (Å²) < 4.78 is 5.92. The van der Waals surface area contributed by atoms with Crippen LogP contribution in [0.2, 0.25) is 0 Å². The molecule has 2 aromatic rings. The molecule has 156 valence electrons. The van der Waals surface area contributed by atoms with Gasteiger partial charge in [0.05, 0.1) is 12.3 Å². The first-order valence-electron chi connectivity index (χ1n) is 10.5. The van der Waals surface area contributed by atoms with E-state index in [9.17, 15) is 4.79 Å². The van der Waals surface area contributed by atoms with Crippen LogP contribution in [0.3, 0.4) is 0 Å². The fraction of sp³-hybridized carbons (Fsp3) is 0.545. The molecule has 29 heavy (non-hydrogen) atoms. The molecule has 0 spiro atoms. The summed E-state index contributed by atoms with van der Waals surface area (Å²) in [6.07, 6.45) is 5.13. The summed E-state index contributed by atoms with van der Waals surface area (Å²) in [5, 5.41) is 12.5. The predicted molar refractivity (Wildman–Crippen MR) is 115 cm³/mol. The third-order valence-electron chi connectivity index (χ3n) is 5.92. The molecule has 1 aromatic heterocycles. The van der Waals surface area contributed by atoms with Crippen molar-refractivity contribution in [2.75, 3.05) is 19.7 Å². The first-order valence-corrected chi connectivity index (χ1v) is 11.4. The van der Waals surface area contributed by atoms with Crippen LogP contribution < -0.4 is 10.1 Å². The van der Waals surface area contributed by atoms with E-state index in [1.165, 1.54) is 24.3 Å². The van der Waals surface area contributed by atoms with E-state index in [0.29, 0.717) is 12.5 Å². The highest BCUT2D eigenvalue weighted by molar-refractivity contribution is 7.15. The SMILES string of the molecule is CC1CCCN1CCCOc1ccc(-c2nc3c(s2)CCC(NC(=O)O)C3)cc1. The molecule has 0 saturated carbocycles. The van der Waals surface area contributed by atoms with Gasteiger partial charge in [0.15, 0.2) is 0 Å². The van der Waals surface area contributed by atoms with Gasteiger partial charge in [0, 0.05) is 35.5 Å². The number of nitrogens with one attached hydrogen (secondary N) is 1. The van der Waals surface area contributed by atoms with E-state index in [-0.39, 0.29) is 6.04 Å². The number of ether oxygens (including phenoxy) is 1. The number of likely N-dealkylation sites (tertiary alicyclic amines) is 1. The zero-order valence-corrected chi connectivity index (χ0v) is 17.7. The molecule has 2 N–H and O–H groups in total. The van der Waals surface area contributed by atoms with Crippen molar-refractivity contribution in [2.45, 2.75) is 57.5 Å². The second-order valence-corrected chi connectivity index (χ2v) is 9.12. The number of nitrogens with zero attached hydrogens (tertiary/aromatic N) is 2. The molecule has 7 heteroatoms. The van der Waals surface area contributed by atoms with Crippen LogP contribution in [-0.2, 0) is 12.8 Å². The summed E-state index contributed by atoms with van der Waals surface area (Å²) in [5.41, 5.74) is 2.12. The monoisotopic (exact) mass is 415 g/mol. The molecule has 1 saturated heterocycles. The van der Waals surface area contributed by atoms with Gasteiger partial charge in [-0.3, -0.25) is 0 Å². The van der Waals surface area contributed by atoms with Crippen molar-refractivity contribution in [2.24, 2.45) is 0 Å². The lowest BCUT2D eigenvalue weighted by Gasteiger charge is -2.20. The lowest BCUT2D eigenvalue weighted by Crippen LogP contribution is -2.37. The maximum absolute atomic E-state index is 10.9. The highest BCUT2D eigenvalue weighted by atomic mass is 32.1. The number of hydrogen-bond donors (Lipinski definition) is 2. The van der Waals surface area contributed by atoms with E-state index in [2.05, 4.69) is 29.3 Å². The summed E-state index contributed by atoms with van der Waals surface area (Å²) in [7, 11) is 0. The van der Waals surface area contributed by atoms with Gasteiger partial charge in [-0.25, -0.2) is 9.78 Å². The molecule has 1 aromatic carbocycles. The number of amides is 1. The van der Waals surface area contributed by atoms with Crippen LogP contribution in [0, 0.1) is 0 Å². The van der Waals surface area contributed by atoms with Gasteiger partial charge in [0.25, 0.3) is 0 Å². The Labute approximate surface area is 175 Å². The number of rotatable bonds is 7. The number of thiazole rings is 1. The second-order valence-electron chi connectivity index (χ2n) is 8.03. The number of carbonyl (C=O) groups is 1. The van der Waals surface area contributed by atoms with Crippen LogP contribution in [0.1, 0.15) is 43.2 Å². The Morgan fingerprint density at radius 3 is 2.90 bits per heavy atom. The quantitative estimate of drug-likeness (QED) is 0.664. The smallest absolute Gasteiger partial charge is 0.404 e. The summed E-state index contributed by atoms with van der Waals surface area (Å²) in [4.78, 5) is 19.5. The molecule has 2 unspecified atom stereocenters. The van der Waals surface area contributed by atoms with Gasteiger partial charge in [0.1, 0.15) is 10.8 Å². The molecule has 1 aliphatic carbocycles. The average molecular weight is 416 g/mol. The van der Waals surface area contributed by atoms with Gasteiger partial charge >= 0.3 is 6.09 Å². The minimum Gasteiger partial charge on any atom is -0.494 e. The lowest BCUT2D eigenvalue weighted by atomic mass is 9.98. The largest absolute Gasteiger partial charge is 0.494 e. The third kappa shape index (κ3) is 5.08. The van der Waals surface area contributed by atoms with Gasteiger partial charge in [0.2, 0.25) is 0 Å². The van der Waals surface area contributed by atoms with E-state index in [0.717, 1.165) is 54.4 Å². The van der Waals surface area contributed by atoms with Crippen molar-refractivity contribution < 1.29 is 14.6 Å². The van der Waals surface area contributed by atoms with Gasteiger partial charge in [-0.15, -0.1) is 11.3 Å². The van der Waals surface area contributed by atoms with Crippen molar-refractivity contribution in [1.82, 2.24) is 15.2 Å². The topological polar surface area (TPSA) is 74.7 Å². The Bertz CT molecular complexity index is 836. The van der Waals surface area contributed by atoms with Crippen LogP contribution >= 0.6 is 11.3 Å². The molecule has 2 heterocycles. The Hall–Kier alpha value is -2.12. The summed E-state index contributed by atoms with van der Waals surface area (Å²) in [5.74, 6) is 0.898. The first-order chi connectivity index (χ1) is 14.1. The number of aryl methyl sites for hydroxylation is 1. The zero-order chi connectivity index (χ0) is 20.2. The fourth-order valence-electron chi connectivity index (χ4n) is 4.28. The summed E-state index contributed by atoms with van der Waals surface area (Å²) in [6.45, 7) is 5.39. The highest BCUT2D eigenvalue weighted by Gasteiger charge is 2.24. The van der Waals surface area contributed by atoms with Crippen molar-refractivity contribution in [3.05, 3.63) is 34.8 Å². The standard InChI is InChI=1S/C22H29N3O3S/c1-15-4-2-11-25(15)12-3-13-28-18-8-5-16(6-9-18)21-24-19-14-17(23-22(26)27)7-10-20(19)29-21/h5-6,8-9,15,17,23H,2-4,7,10-14H2,1H3,(H,26,27). The minimum absolute atomic E-state index is 0.0331. The minimum atomic E-state index is -0.959. The van der Waals surface area contributed by atoms with Crippen LogP contribution in [0.4, 0.5) is 4.79 Å². The molecule has 2 atom stereocenters. The Kier molecular flexibility index (Phi) is 6.35. The van der Waals surface area contributed by atoms with Gasteiger partial charge in [-0.1, -0.05) is 0 Å². The van der Waals surface area contributed by atoms with E-state index in [1.807, 2.05) is 12.1 Å². The number of fused-ring (bicyclic) bond motifs is 1. The Morgan fingerprint density at radius 1 is 1.34 bits per heavy atom. The molecular formula is C22H29N3O3S. The Morgan fingerprint density at radius 2 is 2.17 bits per heavy atom. The normalized spacial score (nSPS) is 21.7. The third-order valence-corrected chi connectivity index (χ3v) is 7.12. The van der Waals surface area contributed by atoms with Gasteiger partial charge in [-0.05, 0) is 69.8 Å². The van der Waals surface area contributed by atoms with Crippen LogP contribution in [-0.4, -0.2) is 52.9 Å². The number of carboxylic acid groups (broad SMARTS) is 1. The molecule has 1 aliphatic heterocycles. The molecule has 0 bridgehead atoms. The highest BCUT2D eigenvalue weighted by Crippen LogP contribution is 2.33. The van der Waals surface area contributed by atoms with E-state index in [4.69, 9.17) is 14.8 Å².